The van der Waals surface area contributed by atoms with Crippen molar-refractivity contribution >= 4 is 0 Å². The highest BCUT2D eigenvalue weighted by Crippen LogP contribution is 2.13. The van der Waals surface area contributed by atoms with E-state index in [1.54, 1.807) is 5.43 Å². The summed E-state index contributed by atoms with van der Waals surface area (Å²) in [5, 5.41) is 29.5. The van der Waals surface area contributed by atoms with Gasteiger partial charge in [-0.2, -0.15) is 0 Å². The Kier molecular flexibility index (Phi) is 3.68. The molecule has 1 N–H and O–H groups in total. The van der Waals surface area contributed by atoms with Gasteiger partial charge >= 0.3 is 5.66 Å². The molecule has 0 spiro atoms. The fraction of sp³-hybridized carbons (Fsp3) is 1.00. The Morgan fingerprint density at radius 1 is 1.14 bits per heavy atom. The van der Waals surface area contributed by atoms with E-state index in [0.717, 1.165) is 6.92 Å². The lowest BCUT2D eigenvalue weighted by Crippen LogP contribution is -2.45. The van der Waals surface area contributed by atoms with Crippen LogP contribution in [0.2, 0.25) is 0 Å². The Balaban J connectivity index is 4.32. The van der Waals surface area contributed by atoms with Crippen LogP contribution < -0.4 is 5.43 Å². The Bertz CT molecular complexity index is 251. The maximum Gasteiger partial charge on any atom is 0.457 e. The second kappa shape index (κ2) is 4.30. The molecule has 10 nitrogen and oxygen atoms in total. The molecule has 0 radical (unpaired) electrons. The molecule has 0 aromatic carbocycles. The summed E-state index contributed by atoms with van der Waals surface area (Å²) in [5.74, 6) is 0. The second-order valence-corrected chi connectivity index (χ2v) is 2.65. The predicted octanol–water partition coefficient (Wildman–Crippen LogP) is -0.573. The van der Waals surface area contributed by atoms with E-state index in [0.29, 0.717) is 0 Å². The van der Waals surface area contributed by atoms with Crippen LogP contribution in [0.1, 0.15) is 13.3 Å². The minimum atomic E-state index is -2.39. The molecule has 0 saturated heterocycles. The second-order valence-electron chi connectivity index (χ2n) is 2.65. The van der Waals surface area contributed by atoms with E-state index < -0.39 is 33.5 Å². The quantitative estimate of drug-likeness (QED) is 0.349. The monoisotopic (exact) mass is 208 g/mol. The number of nitrogens with zero attached hydrogens (tertiary/aromatic N) is 3. The minimum absolute atomic E-state index is 0.439. The third-order valence-electron chi connectivity index (χ3n) is 1.63. The summed E-state index contributed by atoms with van der Waals surface area (Å²) < 4.78 is 0. The lowest BCUT2D eigenvalue weighted by molar-refractivity contribution is -0.793. The molecule has 14 heavy (non-hydrogen) atoms. The third-order valence-corrected chi connectivity index (χ3v) is 1.63. The van der Waals surface area contributed by atoms with Gasteiger partial charge in [-0.15, -0.1) is 5.43 Å². The number of hydrazine groups is 1. The first kappa shape index (κ1) is 12.0. The predicted molar refractivity (Wildman–Crippen MR) is 42.0 cm³/mol. The molecule has 0 unspecified atom stereocenters. The fourth-order valence-corrected chi connectivity index (χ4v) is 0.633. The average molecular weight is 208 g/mol. The molecular weight excluding hydrogens is 200 g/mol. The first-order chi connectivity index (χ1) is 6.30. The molecule has 0 aromatic rings. The number of nitrogens with one attached hydrogen (secondary N) is 1. The molecular formula is C4H8N4O6. The molecule has 0 aromatic heterocycles. The molecule has 0 saturated carbocycles. The molecule has 0 aliphatic carbocycles. The lowest BCUT2D eigenvalue weighted by atomic mass is 10.1. The van der Waals surface area contributed by atoms with E-state index in [1.165, 1.54) is 0 Å². The van der Waals surface area contributed by atoms with Gasteiger partial charge in [0, 0.05) is 0 Å². The van der Waals surface area contributed by atoms with E-state index in [2.05, 4.69) is 0 Å². The van der Waals surface area contributed by atoms with Crippen LogP contribution in [0.25, 0.3) is 0 Å². The zero-order valence-corrected chi connectivity index (χ0v) is 7.21. The van der Waals surface area contributed by atoms with Crippen LogP contribution in [0, 0.1) is 30.3 Å². The van der Waals surface area contributed by atoms with Crippen LogP contribution in [-0.4, -0.2) is 27.1 Å². The minimum Gasteiger partial charge on any atom is -0.258 e. The number of hydrogen-bond donors (Lipinski definition) is 1. The van der Waals surface area contributed by atoms with Gasteiger partial charge in [-0.05, 0) is 0 Å². The van der Waals surface area contributed by atoms with E-state index in [1.807, 2.05) is 0 Å². The number of nitro groups is 3. The molecule has 0 aliphatic rings. The van der Waals surface area contributed by atoms with E-state index >= 15 is 0 Å². The Hall–Kier alpha value is -2.00. The Morgan fingerprint density at radius 2 is 1.57 bits per heavy atom. The third kappa shape index (κ3) is 2.80. The fourth-order valence-electron chi connectivity index (χ4n) is 0.633. The largest absolute Gasteiger partial charge is 0.457 e. The van der Waals surface area contributed by atoms with Crippen LogP contribution in [0.3, 0.4) is 0 Å². The van der Waals surface area contributed by atoms with Gasteiger partial charge in [-0.3, -0.25) is 20.2 Å². The smallest absolute Gasteiger partial charge is 0.258 e. The summed E-state index contributed by atoms with van der Waals surface area (Å²) in [6.45, 7) is 0.361. The van der Waals surface area contributed by atoms with Crippen LogP contribution >= 0.6 is 0 Å². The maximum atomic E-state index is 10.3. The maximum absolute atomic E-state index is 10.3. The molecule has 0 fully saturated rings. The lowest BCUT2D eigenvalue weighted by Gasteiger charge is -2.10. The molecule has 10 heteroatoms. The summed E-state index contributed by atoms with van der Waals surface area (Å²) in [4.78, 5) is 28.2. The summed E-state index contributed by atoms with van der Waals surface area (Å²) in [7, 11) is 0. The van der Waals surface area contributed by atoms with Crippen molar-refractivity contribution in [2.24, 2.45) is 0 Å². The van der Waals surface area contributed by atoms with Gasteiger partial charge in [0.15, 0.2) is 5.03 Å². The van der Waals surface area contributed by atoms with Gasteiger partial charge in [0.25, 0.3) is 0 Å². The summed E-state index contributed by atoms with van der Waals surface area (Å²) in [6.07, 6.45) is -0.562. The Morgan fingerprint density at radius 3 is 1.86 bits per heavy atom. The van der Waals surface area contributed by atoms with E-state index in [4.69, 9.17) is 0 Å². The molecule has 0 amide bonds. The van der Waals surface area contributed by atoms with Crippen molar-refractivity contribution in [3.05, 3.63) is 30.3 Å². The molecule has 0 atom stereocenters. The van der Waals surface area contributed by atoms with Crippen molar-refractivity contribution in [1.29, 1.82) is 0 Å². The van der Waals surface area contributed by atoms with Crippen LogP contribution in [0.5, 0.6) is 0 Å². The zero-order valence-electron chi connectivity index (χ0n) is 7.21. The highest BCUT2D eigenvalue weighted by Gasteiger charge is 2.50. The standard InChI is InChI=1S/C4H8N4O6/c1-4(6(9)10,7(11)12)2-3-5-8(13)14/h5H,2-3H2,1H3. The number of rotatable bonds is 6. The van der Waals surface area contributed by atoms with Gasteiger partial charge in [-0.1, -0.05) is 0 Å². The molecule has 0 rings (SSSR count). The highest BCUT2D eigenvalue weighted by atomic mass is 16.7. The zero-order chi connectivity index (χ0) is 11.4. The van der Waals surface area contributed by atoms with Crippen molar-refractivity contribution in [2.45, 2.75) is 19.0 Å². The molecule has 0 bridgehead atoms. The van der Waals surface area contributed by atoms with Gasteiger partial charge in [0.2, 0.25) is 0 Å². The molecule has 0 heterocycles. The Labute approximate surface area is 77.3 Å². The summed E-state index contributed by atoms with van der Waals surface area (Å²) in [5.41, 5.74) is -0.762. The average Bonchev–Trinajstić information content (AvgIpc) is 2.02. The van der Waals surface area contributed by atoms with Gasteiger partial charge in [0.05, 0.1) is 23.3 Å². The van der Waals surface area contributed by atoms with E-state index in [-0.39, 0.29) is 0 Å². The van der Waals surface area contributed by atoms with Crippen molar-refractivity contribution < 1.29 is 14.9 Å². The first-order valence-electron chi connectivity index (χ1n) is 3.47. The van der Waals surface area contributed by atoms with Crippen molar-refractivity contribution in [3.63, 3.8) is 0 Å². The molecule has 80 valence electrons. The van der Waals surface area contributed by atoms with Gasteiger partial charge < -0.3 is 0 Å². The topological polar surface area (TPSA) is 141 Å². The normalized spacial score (nSPS) is 10.6. The van der Waals surface area contributed by atoms with Crippen LogP contribution in [-0.2, 0) is 0 Å². The van der Waals surface area contributed by atoms with Gasteiger partial charge in [0.1, 0.15) is 6.42 Å². The summed E-state index contributed by atoms with van der Waals surface area (Å²) in [6, 6.07) is 0. The van der Waals surface area contributed by atoms with Crippen molar-refractivity contribution in [3.8, 4) is 0 Å². The van der Waals surface area contributed by atoms with Crippen molar-refractivity contribution in [2.75, 3.05) is 6.54 Å². The number of hydrogen-bond acceptors (Lipinski definition) is 6. The van der Waals surface area contributed by atoms with Crippen molar-refractivity contribution in [1.82, 2.24) is 5.43 Å². The molecule has 0 aliphatic heterocycles. The van der Waals surface area contributed by atoms with Crippen LogP contribution in [0.15, 0.2) is 0 Å². The van der Waals surface area contributed by atoms with E-state index in [9.17, 15) is 30.3 Å². The van der Waals surface area contributed by atoms with Gasteiger partial charge in [-0.25, -0.2) is 10.1 Å². The first-order valence-corrected chi connectivity index (χ1v) is 3.47. The summed E-state index contributed by atoms with van der Waals surface area (Å²) >= 11 is 0. The van der Waals surface area contributed by atoms with Crippen LogP contribution in [0.4, 0.5) is 0 Å². The highest BCUT2D eigenvalue weighted by molar-refractivity contribution is 4.60. The SMILES string of the molecule is CC(CCN[N+](=O)[O-])([N+](=O)[O-])[N+](=O)[O-].